The van der Waals surface area contributed by atoms with Crippen LogP contribution in [0, 0.1) is 5.92 Å². The molecule has 2 nitrogen and oxygen atoms in total. The summed E-state index contributed by atoms with van der Waals surface area (Å²) in [6.45, 7) is 5.90. The number of rotatable bonds is 7. The van der Waals surface area contributed by atoms with Crippen LogP contribution in [0.1, 0.15) is 44.2 Å². The normalized spacial score (nSPS) is 20.9. The van der Waals surface area contributed by atoms with E-state index < -0.39 is 0 Å². The summed E-state index contributed by atoms with van der Waals surface area (Å²) < 4.78 is 0. The molecule has 0 aromatic heterocycles. The van der Waals surface area contributed by atoms with E-state index in [1.54, 1.807) is 0 Å². The van der Waals surface area contributed by atoms with Crippen LogP contribution in [0.15, 0.2) is 18.2 Å². The first-order valence-corrected chi connectivity index (χ1v) is 8.74. The monoisotopic (exact) mass is 328 g/mol. The average molecular weight is 329 g/mol. The Bertz CT molecular complexity index is 450. The van der Waals surface area contributed by atoms with Crippen LogP contribution < -0.4 is 5.32 Å². The Kier molecular flexibility index (Phi) is 6.81. The minimum absolute atomic E-state index is 0.265. The fourth-order valence-electron chi connectivity index (χ4n) is 3.32. The molecule has 1 aromatic carbocycles. The number of nitrogens with zero attached hydrogens (tertiary/aromatic N) is 1. The van der Waals surface area contributed by atoms with Crippen molar-refractivity contribution in [3.05, 3.63) is 33.8 Å². The highest BCUT2D eigenvalue weighted by Gasteiger charge is 2.23. The molecule has 2 atom stereocenters. The second-order valence-electron chi connectivity index (χ2n) is 6.02. The van der Waals surface area contributed by atoms with Crippen LogP contribution in [0.3, 0.4) is 0 Å². The number of nitrogens with one attached hydrogen (secondary N) is 1. The third-order valence-corrected chi connectivity index (χ3v) is 5.34. The number of benzene rings is 1. The molecule has 1 fully saturated rings. The van der Waals surface area contributed by atoms with Gasteiger partial charge in [0.25, 0.3) is 0 Å². The molecule has 0 saturated carbocycles. The predicted molar refractivity (Wildman–Crippen MR) is 92.3 cm³/mol. The van der Waals surface area contributed by atoms with E-state index in [0.29, 0.717) is 10.0 Å². The molecule has 1 aliphatic rings. The van der Waals surface area contributed by atoms with Gasteiger partial charge in [-0.15, -0.1) is 0 Å². The minimum atomic E-state index is 0.265. The maximum absolute atomic E-state index is 6.34. The van der Waals surface area contributed by atoms with Crippen LogP contribution in [0.2, 0.25) is 10.0 Å². The first kappa shape index (κ1) is 17.1. The van der Waals surface area contributed by atoms with Gasteiger partial charge in [0.15, 0.2) is 0 Å². The molecule has 1 N–H and O–H groups in total. The minimum Gasteiger partial charge on any atom is -0.313 e. The molecule has 118 valence electrons. The summed E-state index contributed by atoms with van der Waals surface area (Å²) in [5.74, 6) is 0.901. The van der Waals surface area contributed by atoms with Crippen molar-refractivity contribution >= 4 is 23.2 Å². The molecule has 0 spiro atoms. The summed E-state index contributed by atoms with van der Waals surface area (Å²) in [6.07, 6.45) is 5.09. The zero-order valence-electron chi connectivity index (χ0n) is 13.0. The summed E-state index contributed by atoms with van der Waals surface area (Å²) in [4.78, 5) is 2.59. The highest BCUT2D eigenvalue weighted by atomic mass is 35.5. The quantitative estimate of drug-likeness (QED) is 0.775. The van der Waals surface area contributed by atoms with Crippen molar-refractivity contribution in [3.8, 4) is 0 Å². The van der Waals surface area contributed by atoms with Crippen LogP contribution >= 0.6 is 23.2 Å². The Labute approximate surface area is 138 Å². The van der Waals surface area contributed by atoms with Crippen LogP contribution in [0.5, 0.6) is 0 Å². The largest absolute Gasteiger partial charge is 0.313 e. The predicted octanol–water partition coefficient (Wildman–Crippen LogP) is 4.77. The van der Waals surface area contributed by atoms with Crippen LogP contribution in [-0.4, -0.2) is 31.6 Å². The summed E-state index contributed by atoms with van der Waals surface area (Å²) in [7, 11) is 1.99. The molecule has 0 radical (unpaired) electrons. The molecule has 2 rings (SSSR count). The lowest BCUT2D eigenvalue weighted by Crippen LogP contribution is -2.27. The fourth-order valence-corrected chi connectivity index (χ4v) is 3.76. The van der Waals surface area contributed by atoms with E-state index in [2.05, 4.69) is 23.2 Å². The SMILES string of the molecule is CCCC1CCN(CCC(NC)c2cccc(Cl)c2Cl)C1. The lowest BCUT2D eigenvalue weighted by molar-refractivity contribution is 0.299. The van der Waals surface area contributed by atoms with Crippen molar-refractivity contribution in [1.29, 1.82) is 0 Å². The molecular formula is C17H26Cl2N2. The van der Waals surface area contributed by atoms with Gasteiger partial charge in [-0.2, -0.15) is 0 Å². The molecule has 0 bridgehead atoms. The summed E-state index contributed by atoms with van der Waals surface area (Å²) in [5, 5.41) is 4.70. The second-order valence-corrected chi connectivity index (χ2v) is 6.80. The van der Waals surface area contributed by atoms with E-state index in [4.69, 9.17) is 23.2 Å². The first-order chi connectivity index (χ1) is 10.2. The zero-order chi connectivity index (χ0) is 15.2. The van der Waals surface area contributed by atoms with Gasteiger partial charge >= 0.3 is 0 Å². The van der Waals surface area contributed by atoms with Gasteiger partial charge in [0.1, 0.15) is 0 Å². The number of hydrogen-bond donors (Lipinski definition) is 1. The van der Waals surface area contributed by atoms with Gasteiger partial charge in [0.2, 0.25) is 0 Å². The molecule has 0 amide bonds. The Balaban J connectivity index is 1.90. The number of likely N-dealkylation sites (tertiary alicyclic amines) is 1. The topological polar surface area (TPSA) is 15.3 Å². The second kappa shape index (κ2) is 8.38. The third kappa shape index (κ3) is 4.59. The smallest absolute Gasteiger partial charge is 0.0640 e. The summed E-state index contributed by atoms with van der Waals surface area (Å²) in [6, 6.07) is 6.15. The maximum Gasteiger partial charge on any atom is 0.0640 e. The summed E-state index contributed by atoms with van der Waals surface area (Å²) in [5.41, 5.74) is 1.11. The van der Waals surface area contributed by atoms with Crippen molar-refractivity contribution in [3.63, 3.8) is 0 Å². The van der Waals surface area contributed by atoms with Gasteiger partial charge in [-0.3, -0.25) is 0 Å². The van der Waals surface area contributed by atoms with Crippen LogP contribution in [0.25, 0.3) is 0 Å². The highest BCUT2D eigenvalue weighted by molar-refractivity contribution is 6.42. The van der Waals surface area contributed by atoms with E-state index >= 15 is 0 Å². The molecule has 4 heteroatoms. The van der Waals surface area contributed by atoms with Gasteiger partial charge in [-0.05, 0) is 56.9 Å². The Morgan fingerprint density at radius 2 is 2.19 bits per heavy atom. The Hall–Kier alpha value is -0.280. The molecule has 21 heavy (non-hydrogen) atoms. The van der Waals surface area contributed by atoms with Crippen molar-refractivity contribution in [2.45, 2.75) is 38.6 Å². The molecule has 0 aliphatic carbocycles. The van der Waals surface area contributed by atoms with E-state index in [1.807, 2.05) is 19.2 Å². The fraction of sp³-hybridized carbons (Fsp3) is 0.647. The van der Waals surface area contributed by atoms with Gasteiger partial charge in [-0.25, -0.2) is 0 Å². The summed E-state index contributed by atoms with van der Waals surface area (Å²) >= 11 is 12.5. The van der Waals surface area contributed by atoms with E-state index in [1.165, 1.54) is 32.4 Å². The molecule has 2 unspecified atom stereocenters. The van der Waals surface area contributed by atoms with E-state index in [9.17, 15) is 0 Å². The van der Waals surface area contributed by atoms with Crippen molar-refractivity contribution in [1.82, 2.24) is 10.2 Å². The lowest BCUT2D eigenvalue weighted by atomic mass is 10.0. The van der Waals surface area contributed by atoms with Crippen LogP contribution in [-0.2, 0) is 0 Å². The lowest BCUT2D eigenvalue weighted by Gasteiger charge is -2.22. The van der Waals surface area contributed by atoms with E-state index in [0.717, 1.165) is 24.4 Å². The van der Waals surface area contributed by atoms with Crippen molar-refractivity contribution < 1.29 is 0 Å². The molecule has 1 aliphatic heterocycles. The Morgan fingerprint density at radius 3 is 2.90 bits per heavy atom. The van der Waals surface area contributed by atoms with Gasteiger partial charge in [-0.1, -0.05) is 48.7 Å². The molecular weight excluding hydrogens is 303 g/mol. The highest BCUT2D eigenvalue weighted by Crippen LogP contribution is 2.31. The molecule has 1 heterocycles. The van der Waals surface area contributed by atoms with Crippen LogP contribution in [0.4, 0.5) is 0 Å². The van der Waals surface area contributed by atoms with Gasteiger partial charge < -0.3 is 10.2 Å². The van der Waals surface area contributed by atoms with Crippen molar-refractivity contribution in [2.24, 2.45) is 5.92 Å². The third-order valence-electron chi connectivity index (χ3n) is 4.51. The molecule has 1 aromatic rings. The number of hydrogen-bond acceptors (Lipinski definition) is 2. The molecule has 1 saturated heterocycles. The standard InChI is InChI=1S/C17H26Cl2N2/c1-3-5-13-8-10-21(12-13)11-9-16(20-2)14-6-4-7-15(18)17(14)19/h4,6-7,13,16,20H,3,5,8-12H2,1-2H3. The number of halogens is 2. The average Bonchev–Trinajstić information content (AvgIpc) is 2.92. The van der Waals surface area contributed by atoms with Gasteiger partial charge in [0, 0.05) is 12.6 Å². The maximum atomic E-state index is 6.34. The van der Waals surface area contributed by atoms with Crippen molar-refractivity contribution in [2.75, 3.05) is 26.7 Å². The van der Waals surface area contributed by atoms with E-state index in [-0.39, 0.29) is 6.04 Å². The Morgan fingerprint density at radius 1 is 1.38 bits per heavy atom. The zero-order valence-corrected chi connectivity index (χ0v) is 14.6. The van der Waals surface area contributed by atoms with Gasteiger partial charge in [0.05, 0.1) is 10.0 Å². The first-order valence-electron chi connectivity index (χ1n) is 7.99.